The van der Waals surface area contributed by atoms with E-state index in [1.54, 1.807) is 7.05 Å². The van der Waals surface area contributed by atoms with Gasteiger partial charge in [0.1, 0.15) is 11.6 Å². The normalized spacial score (nSPS) is 20.6. The van der Waals surface area contributed by atoms with Gasteiger partial charge in [-0.3, -0.25) is 4.79 Å². The number of hydrogen-bond acceptors (Lipinski definition) is 4. The highest BCUT2D eigenvalue weighted by molar-refractivity contribution is 7.91. The van der Waals surface area contributed by atoms with Gasteiger partial charge < -0.3 is 9.64 Å². The Morgan fingerprint density at radius 1 is 1.40 bits per heavy atom. The Morgan fingerprint density at radius 3 is 2.60 bits per heavy atom. The van der Waals surface area contributed by atoms with Crippen molar-refractivity contribution in [3.8, 4) is 5.75 Å². The predicted molar refractivity (Wildman–Crippen MR) is 71.7 cm³/mol. The zero-order valence-electron chi connectivity index (χ0n) is 11.1. The average Bonchev–Trinajstić information content (AvgIpc) is 2.77. The highest BCUT2D eigenvalue weighted by Gasteiger charge is 2.32. The number of carbonyl (C=O) groups is 1. The monoisotopic (exact) mass is 301 g/mol. The molecule has 1 heterocycles. The van der Waals surface area contributed by atoms with Gasteiger partial charge in [0.25, 0.3) is 5.91 Å². The van der Waals surface area contributed by atoms with Crippen molar-refractivity contribution in [1.82, 2.24) is 4.90 Å². The van der Waals surface area contributed by atoms with Crippen LogP contribution in [0.3, 0.4) is 0 Å². The Labute approximate surface area is 117 Å². The molecule has 0 aromatic heterocycles. The number of amides is 1. The van der Waals surface area contributed by atoms with E-state index in [0.29, 0.717) is 12.2 Å². The largest absolute Gasteiger partial charge is 0.484 e. The van der Waals surface area contributed by atoms with Crippen molar-refractivity contribution in [2.45, 2.75) is 12.5 Å². The summed E-state index contributed by atoms with van der Waals surface area (Å²) >= 11 is 0. The Morgan fingerprint density at radius 2 is 2.05 bits per heavy atom. The molecule has 1 aliphatic rings. The molecule has 0 N–H and O–H groups in total. The van der Waals surface area contributed by atoms with Crippen LogP contribution < -0.4 is 4.74 Å². The molecule has 0 radical (unpaired) electrons. The van der Waals surface area contributed by atoms with Crippen molar-refractivity contribution in [2.24, 2.45) is 0 Å². The SMILES string of the molecule is CN(C(=O)COc1ccc(F)cc1)C1CCS(=O)(=O)C1. The van der Waals surface area contributed by atoms with Crippen LogP contribution in [0, 0.1) is 5.82 Å². The lowest BCUT2D eigenvalue weighted by molar-refractivity contribution is -0.133. The van der Waals surface area contributed by atoms with Crippen LogP contribution in [0.15, 0.2) is 24.3 Å². The molecule has 1 fully saturated rings. The van der Waals surface area contributed by atoms with Crippen molar-refractivity contribution in [3.63, 3.8) is 0 Å². The molecule has 20 heavy (non-hydrogen) atoms. The number of ether oxygens (including phenoxy) is 1. The van der Waals surface area contributed by atoms with Crippen LogP contribution in [0.5, 0.6) is 5.75 Å². The van der Waals surface area contributed by atoms with Crippen molar-refractivity contribution >= 4 is 15.7 Å². The molecule has 1 aromatic rings. The third-order valence-electron chi connectivity index (χ3n) is 3.33. The lowest BCUT2D eigenvalue weighted by Crippen LogP contribution is -2.40. The maximum atomic E-state index is 12.7. The van der Waals surface area contributed by atoms with Gasteiger partial charge in [0.05, 0.1) is 11.5 Å². The van der Waals surface area contributed by atoms with Crippen molar-refractivity contribution in [3.05, 3.63) is 30.1 Å². The Bertz CT molecular complexity index is 585. The number of nitrogens with zero attached hydrogens (tertiary/aromatic N) is 1. The molecular formula is C13H16FNO4S. The molecule has 0 saturated carbocycles. The van der Waals surface area contributed by atoms with E-state index in [4.69, 9.17) is 4.74 Å². The van der Waals surface area contributed by atoms with E-state index in [1.807, 2.05) is 0 Å². The van der Waals surface area contributed by atoms with Gasteiger partial charge in [-0.05, 0) is 30.7 Å². The van der Waals surface area contributed by atoms with Gasteiger partial charge in [0, 0.05) is 13.1 Å². The standard InChI is InChI=1S/C13H16FNO4S/c1-15(11-6-7-20(17,18)9-11)13(16)8-19-12-4-2-10(14)3-5-12/h2-5,11H,6-9H2,1H3. The molecule has 1 unspecified atom stereocenters. The van der Waals surface area contributed by atoms with Crippen LogP contribution in [-0.2, 0) is 14.6 Å². The lowest BCUT2D eigenvalue weighted by atomic mass is 10.2. The van der Waals surface area contributed by atoms with Crippen LogP contribution in [0.2, 0.25) is 0 Å². The van der Waals surface area contributed by atoms with Gasteiger partial charge in [-0.1, -0.05) is 0 Å². The van der Waals surface area contributed by atoms with Crippen molar-refractivity contribution in [2.75, 3.05) is 25.2 Å². The number of halogens is 1. The molecule has 0 aliphatic carbocycles. The van der Waals surface area contributed by atoms with Crippen LogP contribution in [0.4, 0.5) is 4.39 Å². The first-order valence-corrected chi connectivity index (χ1v) is 8.04. The summed E-state index contributed by atoms with van der Waals surface area (Å²) in [5.74, 6) is -0.152. The van der Waals surface area contributed by atoms with Gasteiger partial charge in [0.15, 0.2) is 16.4 Å². The highest BCUT2D eigenvalue weighted by atomic mass is 32.2. The van der Waals surface area contributed by atoms with Gasteiger partial charge >= 0.3 is 0 Å². The van der Waals surface area contributed by atoms with E-state index in [1.165, 1.54) is 29.2 Å². The molecule has 1 saturated heterocycles. The van der Waals surface area contributed by atoms with E-state index in [0.717, 1.165) is 0 Å². The molecule has 1 aliphatic heterocycles. The summed E-state index contributed by atoms with van der Waals surface area (Å²) in [4.78, 5) is 13.3. The minimum atomic E-state index is -3.02. The maximum absolute atomic E-state index is 12.7. The third kappa shape index (κ3) is 3.69. The maximum Gasteiger partial charge on any atom is 0.260 e. The molecule has 0 bridgehead atoms. The average molecular weight is 301 g/mol. The molecule has 2 rings (SSSR count). The second-order valence-electron chi connectivity index (χ2n) is 4.80. The fourth-order valence-electron chi connectivity index (χ4n) is 2.06. The van der Waals surface area contributed by atoms with Gasteiger partial charge in [-0.15, -0.1) is 0 Å². The fourth-order valence-corrected chi connectivity index (χ4v) is 3.84. The fraction of sp³-hybridized carbons (Fsp3) is 0.462. The van der Waals surface area contributed by atoms with Crippen molar-refractivity contribution < 1.29 is 22.3 Å². The molecule has 1 aromatic carbocycles. The van der Waals surface area contributed by atoms with E-state index in [2.05, 4.69) is 0 Å². The first-order valence-electron chi connectivity index (χ1n) is 6.22. The lowest BCUT2D eigenvalue weighted by Gasteiger charge is -2.23. The number of likely N-dealkylation sites (N-methyl/N-ethyl adjacent to an activating group) is 1. The summed E-state index contributed by atoms with van der Waals surface area (Å²) in [6, 6.07) is 5.06. The van der Waals surface area contributed by atoms with Gasteiger partial charge in [0.2, 0.25) is 0 Å². The van der Waals surface area contributed by atoms with Gasteiger partial charge in [-0.2, -0.15) is 0 Å². The molecule has 1 amide bonds. The number of benzene rings is 1. The first kappa shape index (κ1) is 14.8. The molecule has 0 spiro atoms. The first-order chi connectivity index (χ1) is 9.37. The molecular weight excluding hydrogens is 285 g/mol. The Hall–Kier alpha value is -1.63. The smallest absolute Gasteiger partial charge is 0.260 e. The summed E-state index contributed by atoms with van der Waals surface area (Å²) < 4.78 is 40.7. The van der Waals surface area contributed by atoms with Crippen LogP contribution in [0.25, 0.3) is 0 Å². The topological polar surface area (TPSA) is 63.7 Å². The molecule has 5 nitrogen and oxygen atoms in total. The van der Waals surface area contributed by atoms with E-state index in [-0.39, 0.29) is 35.9 Å². The number of rotatable bonds is 4. The van der Waals surface area contributed by atoms with E-state index >= 15 is 0 Å². The Balaban J connectivity index is 1.87. The molecule has 7 heteroatoms. The van der Waals surface area contributed by atoms with Crippen LogP contribution in [-0.4, -0.2) is 50.4 Å². The zero-order chi connectivity index (χ0) is 14.8. The number of carbonyl (C=O) groups excluding carboxylic acids is 1. The second-order valence-corrected chi connectivity index (χ2v) is 7.03. The summed E-state index contributed by atoms with van der Waals surface area (Å²) in [5.41, 5.74) is 0. The van der Waals surface area contributed by atoms with Crippen LogP contribution in [0.1, 0.15) is 6.42 Å². The zero-order valence-corrected chi connectivity index (χ0v) is 11.9. The predicted octanol–water partition coefficient (Wildman–Crippen LogP) is 0.850. The Kier molecular flexibility index (Phi) is 4.27. The quantitative estimate of drug-likeness (QED) is 0.827. The van der Waals surface area contributed by atoms with E-state index < -0.39 is 9.84 Å². The van der Waals surface area contributed by atoms with Gasteiger partial charge in [-0.25, -0.2) is 12.8 Å². The summed E-state index contributed by atoms with van der Waals surface area (Å²) in [7, 11) is -1.45. The highest BCUT2D eigenvalue weighted by Crippen LogP contribution is 2.17. The second kappa shape index (κ2) is 5.78. The van der Waals surface area contributed by atoms with Crippen LogP contribution >= 0.6 is 0 Å². The summed E-state index contributed by atoms with van der Waals surface area (Å²) in [6.45, 7) is -0.196. The number of sulfone groups is 1. The van der Waals surface area contributed by atoms with Crippen molar-refractivity contribution in [1.29, 1.82) is 0 Å². The van der Waals surface area contributed by atoms with E-state index in [9.17, 15) is 17.6 Å². The molecule has 1 atom stereocenters. The number of hydrogen-bond donors (Lipinski definition) is 0. The third-order valence-corrected chi connectivity index (χ3v) is 5.08. The summed E-state index contributed by atoms with van der Waals surface area (Å²) in [5, 5.41) is 0. The molecule has 110 valence electrons. The summed E-state index contributed by atoms with van der Waals surface area (Å²) in [6.07, 6.45) is 0.459. The minimum Gasteiger partial charge on any atom is -0.484 e. The minimum absolute atomic E-state index is 0.00574.